The van der Waals surface area contributed by atoms with Crippen molar-refractivity contribution in [2.45, 2.75) is 58.2 Å². The van der Waals surface area contributed by atoms with Gasteiger partial charge in [0.25, 0.3) is 0 Å². The number of hydrogen-bond acceptors (Lipinski definition) is 4. The van der Waals surface area contributed by atoms with E-state index in [2.05, 4.69) is 34.5 Å². The smallest absolute Gasteiger partial charge is 0.229 e. The fraction of sp³-hybridized carbons (Fsp3) is 0.789. The van der Waals surface area contributed by atoms with Gasteiger partial charge in [-0.2, -0.15) is 5.10 Å². The summed E-state index contributed by atoms with van der Waals surface area (Å²) in [4.78, 5) is 15.7. The normalized spacial score (nSPS) is 30.3. The Balaban J connectivity index is 1.40. The number of likely N-dealkylation sites (tertiary alicyclic amines) is 1. The van der Waals surface area contributed by atoms with Crippen LogP contribution < -0.4 is 10.6 Å². The number of nitrogens with zero attached hydrogens (tertiary/aromatic N) is 3. The summed E-state index contributed by atoms with van der Waals surface area (Å²) in [6.07, 6.45) is 9.22. The Hall–Kier alpha value is -1.40. The van der Waals surface area contributed by atoms with Crippen LogP contribution in [0.2, 0.25) is 0 Å². The Morgan fingerprint density at radius 2 is 2.24 bits per heavy atom. The molecular weight excluding hydrogens is 314 g/mol. The maximum absolute atomic E-state index is 13.1. The number of aromatic nitrogens is 2. The van der Waals surface area contributed by atoms with Gasteiger partial charge in [-0.05, 0) is 26.7 Å². The number of rotatable bonds is 5. The number of hydrogen-bond donors (Lipinski definition) is 2. The average Bonchev–Trinajstić information content (AvgIpc) is 3.34. The van der Waals surface area contributed by atoms with Crippen molar-refractivity contribution in [1.29, 1.82) is 0 Å². The zero-order valence-corrected chi connectivity index (χ0v) is 15.5. The largest absolute Gasteiger partial charge is 0.351 e. The van der Waals surface area contributed by atoms with Crippen LogP contribution in [0.25, 0.3) is 0 Å². The van der Waals surface area contributed by atoms with E-state index < -0.39 is 0 Å². The molecule has 6 heteroatoms. The second-order valence-corrected chi connectivity index (χ2v) is 8.46. The first-order valence-electron chi connectivity index (χ1n) is 9.84. The molecule has 3 fully saturated rings. The maximum Gasteiger partial charge on any atom is 0.229 e. The predicted molar refractivity (Wildman–Crippen MR) is 97.1 cm³/mol. The lowest BCUT2D eigenvalue weighted by molar-refractivity contribution is -0.131. The minimum Gasteiger partial charge on any atom is -0.351 e. The monoisotopic (exact) mass is 345 g/mol. The molecule has 0 bridgehead atoms. The first-order chi connectivity index (χ1) is 12.1. The molecule has 3 aliphatic rings. The Bertz CT molecular complexity index is 621. The zero-order valence-electron chi connectivity index (χ0n) is 15.5. The van der Waals surface area contributed by atoms with Crippen LogP contribution in [-0.4, -0.2) is 52.8 Å². The molecular formula is C19H31N5O. The third-order valence-corrected chi connectivity index (χ3v) is 6.48. The first-order valence-corrected chi connectivity index (χ1v) is 9.84. The van der Waals surface area contributed by atoms with Gasteiger partial charge in [0, 0.05) is 62.5 Å². The molecule has 2 atom stereocenters. The summed E-state index contributed by atoms with van der Waals surface area (Å²) >= 11 is 0. The quantitative estimate of drug-likeness (QED) is 0.850. The van der Waals surface area contributed by atoms with Crippen LogP contribution in [0, 0.1) is 11.3 Å². The summed E-state index contributed by atoms with van der Waals surface area (Å²) in [7, 11) is 0. The number of amides is 1. The molecule has 1 amide bonds. The Morgan fingerprint density at radius 3 is 2.96 bits per heavy atom. The van der Waals surface area contributed by atoms with Gasteiger partial charge in [-0.25, -0.2) is 0 Å². The lowest BCUT2D eigenvalue weighted by Gasteiger charge is -2.29. The van der Waals surface area contributed by atoms with Crippen LogP contribution in [-0.2, 0) is 11.3 Å². The molecule has 2 aliphatic heterocycles. The molecule has 138 valence electrons. The topological polar surface area (TPSA) is 62.2 Å². The third-order valence-electron chi connectivity index (χ3n) is 6.48. The van der Waals surface area contributed by atoms with Crippen molar-refractivity contribution >= 4 is 5.91 Å². The van der Waals surface area contributed by atoms with Gasteiger partial charge in [0.05, 0.1) is 11.6 Å². The average molecular weight is 345 g/mol. The highest BCUT2D eigenvalue weighted by atomic mass is 16.2. The molecule has 0 aromatic carbocycles. The number of carbonyl (C=O) groups excluding carboxylic acids is 1. The van der Waals surface area contributed by atoms with Crippen LogP contribution in [0.4, 0.5) is 0 Å². The number of fused-ring (bicyclic) bond motifs is 1. The fourth-order valence-electron chi connectivity index (χ4n) is 4.94. The third kappa shape index (κ3) is 3.10. The van der Waals surface area contributed by atoms with Crippen molar-refractivity contribution in [2.24, 2.45) is 11.3 Å². The van der Waals surface area contributed by atoms with E-state index >= 15 is 0 Å². The lowest BCUT2D eigenvalue weighted by Crippen LogP contribution is -2.47. The van der Waals surface area contributed by atoms with Crippen molar-refractivity contribution in [3.8, 4) is 0 Å². The van der Waals surface area contributed by atoms with Crippen LogP contribution in [0.5, 0.6) is 0 Å². The van der Waals surface area contributed by atoms with E-state index in [4.69, 9.17) is 0 Å². The summed E-state index contributed by atoms with van der Waals surface area (Å²) in [5, 5.41) is 11.0. The highest BCUT2D eigenvalue weighted by Gasteiger charge is 2.55. The first kappa shape index (κ1) is 17.0. The number of carbonyl (C=O) groups is 1. The van der Waals surface area contributed by atoms with Crippen molar-refractivity contribution in [3.05, 3.63) is 18.0 Å². The van der Waals surface area contributed by atoms with Crippen molar-refractivity contribution < 1.29 is 4.79 Å². The molecule has 3 heterocycles. The SMILES string of the molecule is CC(C)n1cc(CNC(=O)[C@@]23CNC[C@@H]2CN(C2CCCC2)C3)cn1. The van der Waals surface area contributed by atoms with E-state index in [9.17, 15) is 4.79 Å². The molecule has 2 N–H and O–H groups in total. The molecule has 0 spiro atoms. The Kier molecular flexibility index (Phi) is 4.58. The second-order valence-electron chi connectivity index (χ2n) is 8.46. The molecule has 2 saturated heterocycles. The molecule has 1 aromatic heterocycles. The van der Waals surface area contributed by atoms with Gasteiger partial charge >= 0.3 is 0 Å². The summed E-state index contributed by atoms with van der Waals surface area (Å²) < 4.78 is 1.94. The minimum atomic E-state index is -0.239. The van der Waals surface area contributed by atoms with E-state index in [1.54, 1.807) is 0 Å². The molecule has 0 unspecified atom stereocenters. The van der Waals surface area contributed by atoms with Gasteiger partial charge in [0.15, 0.2) is 0 Å². The summed E-state index contributed by atoms with van der Waals surface area (Å²) in [6.45, 7) is 8.59. The predicted octanol–water partition coefficient (Wildman–Crippen LogP) is 1.54. The number of nitrogens with one attached hydrogen (secondary N) is 2. The van der Waals surface area contributed by atoms with Crippen LogP contribution >= 0.6 is 0 Å². The Morgan fingerprint density at radius 1 is 1.44 bits per heavy atom. The summed E-state index contributed by atoms with van der Waals surface area (Å²) in [5.74, 6) is 0.673. The molecule has 25 heavy (non-hydrogen) atoms. The maximum atomic E-state index is 13.1. The lowest BCUT2D eigenvalue weighted by atomic mass is 9.80. The van der Waals surface area contributed by atoms with E-state index in [0.717, 1.165) is 31.7 Å². The van der Waals surface area contributed by atoms with Crippen molar-refractivity contribution in [1.82, 2.24) is 25.3 Å². The van der Waals surface area contributed by atoms with Gasteiger partial charge in [-0.15, -0.1) is 0 Å². The second kappa shape index (κ2) is 6.72. The van der Waals surface area contributed by atoms with Gasteiger partial charge in [0.2, 0.25) is 5.91 Å². The molecule has 1 saturated carbocycles. The van der Waals surface area contributed by atoms with Gasteiger partial charge in [-0.1, -0.05) is 12.8 Å². The molecule has 1 aromatic rings. The van der Waals surface area contributed by atoms with Crippen LogP contribution in [0.15, 0.2) is 12.4 Å². The highest BCUT2D eigenvalue weighted by molar-refractivity contribution is 5.84. The van der Waals surface area contributed by atoms with Gasteiger partial charge in [-0.3, -0.25) is 14.4 Å². The molecule has 0 radical (unpaired) electrons. The fourth-order valence-corrected chi connectivity index (χ4v) is 4.94. The van der Waals surface area contributed by atoms with Crippen LogP contribution in [0.1, 0.15) is 51.1 Å². The van der Waals surface area contributed by atoms with E-state index in [1.165, 1.54) is 25.7 Å². The van der Waals surface area contributed by atoms with E-state index in [-0.39, 0.29) is 11.3 Å². The van der Waals surface area contributed by atoms with Gasteiger partial charge < -0.3 is 10.6 Å². The van der Waals surface area contributed by atoms with Gasteiger partial charge in [0.1, 0.15) is 0 Å². The highest BCUT2D eigenvalue weighted by Crippen LogP contribution is 2.42. The molecule has 4 rings (SSSR count). The zero-order chi connectivity index (χ0) is 17.4. The summed E-state index contributed by atoms with van der Waals surface area (Å²) in [5.41, 5.74) is 0.836. The molecule has 6 nitrogen and oxygen atoms in total. The minimum absolute atomic E-state index is 0.222. The van der Waals surface area contributed by atoms with Crippen molar-refractivity contribution in [3.63, 3.8) is 0 Å². The van der Waals surface area contributed by atoms with E-state index in [0.29, 0.717) is 24.5 Å². The Labute approximate surface area is 150 Å². The molecule has 1 aliphatic carbocycles. The standard InChI is InChI=1S/C19H31N5O/c1-14(2)24-10-15(8-22-24)7-21-18(25)19-12-20-9-16(19)11-23(13-19)17-5-3-4-6-17/h8,10,14,16-17,20H,3-7,9,11-13H2,1-2H3,(H,21,25)/t16-,19-/m1/s1. The van der Waals surface area contributed by atoms with Crippen molar-refractivity contribution in [2.75, 3.05) is 26.2 Å². The van der Waals surface area contributed by atoms with E-state index in [1.807, 2.05) is 17.1 Å². The van der Waals surface area contributed by atoms with Crippen LogP contribution in [0.3, 0.4) is 0 Å². The summed E-state index contributed by atoms with van der Waals surface area (Å²) in [6, 6.07) is 1.06.